The first-order valence-corrected chi connectivity index (χ1v) is 7.67. The third-order valence-electron chi connectivity index (χ3n) is 2.52. The molecule has 2 rings (SSSR count). The van der Waals surface area contributed by atoms with Gasteiger partial charge in [-0.1, -0.05) is 24.3 Å². The topological polar surface area (TPSA) is 55.4 Å². The largest absolute Gasteiger partial charge is 0.492 e. The number of nitrogens with one attached hydrogen (secondary N) is 1. The molecular weight excluding hydrogens is 274 g/mol. The maximum absolute atomic E-state index is 11.9. The molecule has 108 valence electrons. The third-order valence-corrected chi connectivity index (χ3v) is 3.45. The van der Waals surface area contributed by atoms with Crippen molar-refractivity contribution in [2.75, 3.05) is 5.75 Å². The van der Waals surface area contributed by atoms with Crippen LogP contribution < -0.4 is 4.72 Å². The lowest BCUT2D eigenvalue weighted by Gasteiger charge is -2.25. The number of carbonyl (C=O) groups excluding carboxylic acids is 1. The van der Waals surface area contributed by atoms with Crippen LogP contribution in [0.2, 0.25) is 0 Å². The number of rotatable bonds is 0. The average Bonchev–Trinajstić information content (AvgIpc) is 2.38. The van der Waals surface area contributed by atoms with Crippen LogP contribution in [0.25, 0.3) is 0 Å². The second kappa shape index (κ2) is 8.39. The van der Waals surface area contributed by atoms with E-state index in [1.165, 1.54) is 0 Å². The van der Waals surface area contributed by atoms with Gasteiger partial charge in [-0.05, 0) is 13.8 Å². The highest BCUT2D eigenvalue weighted by molar-refractivity contribution is 7.83. The molecule has 2 unspecified atom stereocenters. The molecule has 0 amide bonds. The van der Waals surface area contributed by atoms with Gasteiger partial charge in [-0.2, -0.15) is 0 Å². The summed E-state index contributed by atoms with van der Waals surface area (Å²) in [5.74, 6) is 3.20. The van der Waals surface area contributed by atoms with Gasteiger partial charge in [-0.3, -0.25) is 9.52 Å². The van der Waals surface area contributed by atoms with Gasteiger partial charge in [-0.15, -0.1) is 12.3 Å². The van der Waals surface area contributed by atoms with Crippen molar-refractivity contribution in [1.82, 2.24) is 4.72 Å². The van der Waals surface area contributed by atoms with Gasteiger partial charge in [0, 0.05) is 12.8 Å². The maximum atomic E-state index is 11.9. The number of hydrogen-bond donors (Lipinski definition) is 1. The van der Waals surface area contributed by atoms with E-state index in [1.54, 1.807) is 6.92 Å². The molecule has 2 heterocycles. The molecule has 0 saturated carbocycles. The van der Waals surface area contributed by atoms with Gasteiger partial charge >= 0.3 is 0 Å². The van der Waals surface area contributed by atoms with Crippen LogP contribution >= 0.6 is 0 Å². The monoisotopic (exact) mass is 293 g/mol. The Morgan fingerprint density at radius 2 is 2.10 bits per heavy atom. The van der Waals surface area contributed by atoms with Gasteiger partial charge in [0.25, 0.3) is 0 Å². The highest BCUT2D eigenvalue weighted by Gasteiger charge is 2.26. The van der Waals surface area contributed by atoms with Crippen LogP contribution in [0.3, 0.4) is 0 Å². The molecule has 0 aromatic rings. The van der Waals surface area contributed by atoms with Crippen molar-refractivity contribution in [3.63, 3.8) is 0 Å². The summed E-state index contributed by atoms with van der Waals surface area (Å²) in [6, 6.07) is 0. The van der Waals surface area contributed by atoms with E-state index in [-0.39, 0.29) is 11.9 Å². The first-order valence-electron chi connectivity index (χ1n) is 6.35. The quantitative estimate of drug-likeness (QED) is 0.695. The molecule has 0 saturated heterocycles. The molecule has 20 heavy (non-hydrogen) atoms. The molecule has 5 heteroatoms. The summed E-state index contributed by atoms with van der Waals surface area (Å²) in [6.45, 7) is 3.52. The predicted octanol–water partition coefficient (Wildman–Crippen LogP) is 1.98. The number of allylic oxidation sites excluding steroid dienone is 4. The van der Waals surface area contributed by atoms with E-state index in [0.717, 1.165) is 0 Å². The van der Waals surface area contributed by atoms with Crippen molar-refractivity contribution in [2.45, 2.75) is 32.8 Å². The van der Waals surface area contributed by atoms with Crippen LogP contribution in [0, 0.1) is 12.3 Å². The van der Waals surface area contributed by atoms with Gasteiger partial charge in [0.05, 0.1) is 5.75 Å². The van der Waals surface area contributed by atoms with Crippen LogP contribution in [0.1, 0.15) is 26.7 Å². The van der Waals surface area contributed by atoms with Gasteiger partial charge < -0.3 is 4.74 Å². The average molecular weight is 293 g/mol. The zero-order valence-electron chi connectivity index (χ0n) is 11.7. The minimum absolute atomic E-state index is 0.0231. The van der Waals surface area contributed by atoms with Crippen molar-refractivity contribution in [3.8, 4) is 12.3 Å². The third kappa shape index (κ3) is 5.06. The van der Waals surface area contributed by atoms with E-state index in [0.29, 0.717) is 30.1 Å². The lowest BCUT2D eigenvalue weighted by molar-refractivity contribution is -0.119. The van der Waals surface area contributed by atoms with Crippen molar-refractivity contribution in [2.24, 2.45) is 0 Å². The van der Waals surface area contributed by atoms with E-state index < -0.39 is 11.0 Å². The Morgan fingerprint density at radius 3 is 2.80 bits per heavy atom. The fourth-order valence-corrected chi connectivity index (χ4v) is 2.58. The van der Waals surface area contributed by atoms with Gasteiger partial charge in [0.15, 0.2) is 5.78 Å². The summed E-state index contributed by atoms with van der Waals surface area (Å²) in [6.07, 6.45) is 12.8. The lowest BCUT2D eigenvalue weighted by Crippen LogP contribution is -2.33. The van der Waals surface area contributed by atoms with Crippen LogP contribution in [0.15, 0.2) is 35.8 Å². The highest BCUT2D eigenvalue weighted by Crippen LogP contribution is 2.22. The summed E-state index contributed by atoms with van der Waals surface area (Å²) < 4.78 is 20.0. The Bertz CT molecular complexity index is 512. The molecule has 0 bridgehead atoms. The molecule has 1 N–H and O–H groups in total. The second-order valence-corrected chi connectivity index (χ2v) is 5.55. The van der Waals surface area contributed by atoms with Crippen molar-refractivity contribution in [3.05, 3.63) is 35.8 Å². The second-order valence-electron chi connectivity index (χ2n) is 4.32. The van der Waals surface area contributed by atoms with E-state index in [9.17, 15) is 9.00 Å². The van der Waals surface area contributed by atoms with Crippen molar-refractivity contribution < 1.29 is 13.7 Å². The van der Waals surface area contributed by atoms with E-state index in [2.05, 4.69) is 17.1 Å². The van der Waals surface area contributed by atoms with Crippen LogP contribution in [0.4, 0.5) is 0 Å². The van der Waals surface area contributed by atoms with Crippen molar-refractivity contribution in [1.29, 1.82) is 0 Å². The molecule has 0 spiro atoms. The normalized spacial score (nSPS) is 28.6. The molecule has 0 aliphatic carbocycles. The fraction of sp³-hybridized carbons (Fsp3) is 0.400. The van der Waals surface area contributed by atoms with Crippen LogP contribution in [-0.2, 0) is 20.5 Å². The molecule has 2 aliphatic heterocycles. The molecule has 0 fully saturated rings. The smallest absolute Gasteiger partial charge is 0.186 e. The highest BCUT2D eigenvalue weighted by atomic mass is 32.2. The lowest BCUT2D eigenvalue weighted by atomic mass is 10.1. The Hall–Kier alpha value is -1.80. The zero-order valence-corrected chi connectivity index (χ0v) is 12.5. The van der Waals surface area contributed by atoms with Gasteiger partial charge in [0.1, 0.15) is 28.5 Å². The number of ether oxygens (including phenoxy) is 1. The number of hydrogen-bond acceptors (Lipinski definition) is 3. The summed E-state index contributed by atoms with van der Waals surface area (Å²) >= 11 is 0. The van der Waals surface area contributed by atoms with E-state index in [1.807, 2.05) is 31.2 Å². The number of carbonyl (C=O) groups is 1. The summed E-state index contributed by atoms with van der Waals surface area (Å²) in [5, 5.41) is 0. The van der Waals surface area contributed by atoms with Crippen molar-refractivity contribution >= 4 is 16.8 Å². The minimum atomic E-state index is -1.27. The van der Waals surface area contributed by atoms with Gasteiger partial charge in [-0.25, -0.2) is 4.21 Å². The number of terminal acetylenes is 1. The molecule has 0 aromatic carbocycles. The summed E-state index contributed by atoms with van der Waals surface area (Å²) in [4.78, 5) is 11.9. The Kier molecular flexibility index (Phi) is 6.82. The standard InChI is InChI=1S/C12H15NO3S.C3H4/c1-9-8-10(14)12-11(16-9)6-4-2-3-5-7-17(15)13-12;1-3-2/h2-5,9,13H,6-8H2,1H3;1H,2H3/b4-2-,5-3-;. The van der Waals surface area contributed by atoms with E-state index in [4.69, 9.17) is 4.74 Å². The van der Waals surface area contributed by atoms with Crippen LogP contribution in [-0.4, -0.2) is 21.8 Å². The molecular formula is C15H19NO3S. The Labute approximate surface area is 122 Å². The molecule has 4 nitrogen and oxygen atoms in total. The van der Waals surface area contributed by atoms with E-state index >= 15 is 0 Å². The SMILES string of the molecule is C#CC.CC1CC(=O)C2=C(C/C=C\C=C/CS(=O)N2)O1. The maximum Gasteiger partial charge on any atom is 0.186 e. The first kappa shape index (κ1) is 16.3. The predicted molar refractivity (Wildman–Crippen MR) is 80.7 cm³/mol. The van der Waals surface area contributed by atoms with Gasteiger partial charge in [0.2, 0.25) is 0 Å². The Morgan fingerprint density at radius 1 is 1.45 bits per heavy atom. The minimum Gasteiger partial charge on any atom is -0.492 e. The molecule has 2 aliphatic rings. The molecule has 2 atom stereocenters. The summed E-state index contributed by atoms with van der Waals surface area (Å²) in [5.41, 5.74) is 0.376. The molecule has 0 radical (unpaired) electrons. The van der Waals surface area contributed by atoms with Crippen LogP contribution in [0.5, 0.6) is 0 Å². The Balaban J connectivity index is 0.000000612. The number of ketones is 1. The first-order chi connectivity index (χ1) is 9.58. The zero-order chi connectivity index (χ0) is 15.0. The molecule has 0 aromatic heterocycles. The summed E-state index contributed by atoms with van der Waals surface area (Å²) in [7, 11) is -1.27. The number of Topliss-reactive ketones (excluding diaryl/α,β-unsaturated/α-hetero) is 1. The fourth-order valence-electron chi connectivity index (χ4n) is 1.76.